The normalized spacial score (nSPS) is 11.4. The number of alkyl halides is 3. The zero-order valence-electron chi connectivity index (χ0n) is 17.9. The highest BCUT2D eigenvalue weighted by Crippen LogP contribution is 2.34. The Morgan fingerprint density at radius 3 is 2.46 bits per heavy atom. The van der Waals surface area contributed by atoms with E-state index in [1.807, 2.05) is 0 Å². The SMILES string of the molecule is O=C(Cn1c(CO)cnc1SCC(=O)Nc1cc(C(F)(F)F)ccc1Cl)NCc1ccc(Cl)cc1. The minimum absolute atomic E-state index is 0.0437. The Hall–Kier alpha value is -2.73. The minimum Gasteiger partial charge on any atom is -0.390 e. The number of nitrogens with one attached hydrogen (secondary N) is 2. The number of aliphatic hydroxyl groups is 1. The highest BCUT2D eigenvalue weighted by Gasteiger charge is 2.31. The van der Waals surface area contributed by atoms with Crippen molar-refractivity contribution in [2.24, 2.45) is 0 Å². The van der Waals surface area contributed by atoms with Crippen molar-refractivity contribution >= 4 is 52.5 Å². The molecule has 0 radical (unpaired) electrons. The molecule has 0 aliphatic carbocycles. The van der Waals surface area contributed by atoms with Gasteiger partial charge in [0.15, 0.2) is 5.16 Å². The second-order valence-corrected chi connectivity index (χ2v) is 8.99. The van der Waals surface area contributed by atoms with Crippen molar-refractivity contribution in [1.82, 2.24) is 14.9 Å². The molecule has 7 nitrogen and oxygen atoms in total. The van der Waals surface area contributed by atoms with E-state index in [2.05, 4.69) is 15.6 Å². The fraction of sp³-hybridized carbons (Fsp3) is 0.227. The van der Waals surface area contributed by atoms with Crippen LogP contribution < -0.4 is 10.6 Å². The molecule has 1 heterocycles. The van der Waals surface area contributed by atoms with E-state index in [1.165, 1.54) is 10.8 Å². The second-order valence-electron chi connectivity index (χ2n) is 7.21. The number of anilines is 1. The van der Waals surface area contributed by atoms with Gasteiger partial charge >= 0.3 is 6.18 Å². The lowest BCUT2D eigenvalue weighted by Crippen LogP contribution is -2.28. The smallest absolute Gasteiger partial charge is 0.390 e. The van der Waals surface area contributed by atoms with Crippen molar-refractivity contribution in [3.63, 3.8) is 0 Å². The van der Waals surface area contributed by atoms with E-state index in [0.29, 0.717) is 10.7 Å². The zero-order valence-corrected chi connectivity index (χ0v) is 20.2. The van der Waals surface area contributed by atoms with Gasteiger partial charge in [-0.15, -0.1) is 0 Å². The highest BCUT2D eigenvalue weighted by molar-refractivity contribution is 7.99. The molecule has 0 fully saturated rings. The van der Waals surface area contributed by atoms with Crippen LogP contribution in [0.2, 0.25) is 10.0 Å². The van der Waals surface area contributed by atoms with Gasteiger partial charge in [0.2, 0.25) is 11.8 Å². The molecular formula is C22H19Cl2F3N4O3S. The summed E-state index contributed by atoms with van der Waals surface area (Å²) in [4.78, 5) is 28.9. The first-order chi connectivity index (χ1) is 16.6. The van der Waals surface area contributed by atoms with Crippen molar-refractivity contribution in [2.45, 2.75) is 31.0 Å². The third-order valence-electron chi connectivity index (χ3n) is 4.67. The van der Waals surface area contributed by atoms with E-state index in [4.69, 9.17) is 23.2 Å². The molecule has 0 aliphatic rings. The quantitative estimate of drug-likeness (QED) is 0.336. The first kappa shape index (κ1) is 26.9. The van der Waals surface area contributed by atoms with Crippen molar-refractivity contribution in [1.29, 1.82) is 0 Å². The number of benzene rings is 2. The lowest BCUT2D eigenvalue weighted by atomic mass is 10.2. The summed E-state index contributed by atoms with van der Waals surface area (Å²) < 4.78 is 40.2. The first-order valence-electron chi connectivity index (χ1n) is 10.0. The van der Waals surface area contributed by atoms with Crippen LogP contribution in [0.3, 0.4) is 0 Å². The number of hydrogen-bond donors (Lipinski definition) is 3. The summed E-state index contributed by atoms with van der Waals surface area (Å²) in [6, 6.07) is 9.57. The third kappa shape index (κ3) is 7.63. The summed E-state index contributed by atoms with van der Waals surface area (Å²) in [6.45, 7) is -0.279. The summed E-state index contributed by atoms with van der Waals surface area (Å²) >= 11 is 12.7. The van der Waals surface area contributed by atoms with E-state index >= 15 is 0 Å². The first-order valence-corrected chi connectivity index (χ1v) is 11.8. The van der Waals surface area contributed by atoms with Gasteiger partial charge in [0.05, 0.1) is 40.5 Å². The minimum atomic E-state index is -4.58. The van der Waals surface area contributed by atoms with E-state index in [0.717, 1.165) is 35.5 Å². The molecule has 0 spiro atoms. The van der Waals surface area contributed by atoms with Crippen LogP contribution in [0.5, 0.6) is 0 Å². The molecule has 3 N–H and O–H groups in total. The number of amides is 2. The maximum atomic E-state index is 12.9. The van der Waals surface area contributed by atoms with Crippen LogP contribution in [0.1, 0.15) is 16.8 Å². The van der Waals surface area contributed by atoms with Gasteiger partial charge in [-0.1, -0.05) is 47.1 Å². The number of thioether (sulfide) groups is 1. The third-order valence-corrected chi connectivity index (χ3v) is 6.24. The van der Waals surface area contributed by atoms with E-state index in [9.17, 15) is 27.9 Å². The number of hydrogen-bond acceptors (Lipinski definition) is 5. The topological polar surface area (TPSA) is 96.2 Å². The maximum absolute atomic E-state index is 12.9. The molecule has 3 aromatic rings. The molecule has 35 heavy (non-hydrogen) atoms. The maximum Gasteiger partial charge on any atom is 0.416 e. The number of carbonyl (C=O) groups is 2. The molecule has 0 bridgehead atoms. The summed E-state index contributed by atoms with van der Waals surface area (Å²) in [5.41, 5.74) is 0.0800. The van der Waals surface area contributed by atoms with Crippen molar-refractivity contribution in [3.8, 4) is 0 Å². The molecule has 3 rings (SSSR count). The molecule has 2 amide bonds. The molecule has 0 aliphatic heterocycles. The summed E-state index contributed by atoms with van der Waals surface area (Å²) in [6.07, 6.45) is -3.21. The zero-order chi connectivity index (χ0) is 25.6. The predicted molar refractivity (Wildman–Crippen MR) is 127 cm³/mol. The highest BCUT2D eigenvalue weighted by atomic mass is 35.5. The predicted octanol–water partition coefficient (Wildman–Crippen LogP) is 4.75. The fourth-order valence-electron chi connectivity index (χ4n) is 2.92. The lowest BCUT2D eigenvalue weighted by molar-refractivity contribution is -0.137. The molecule has 0 saturated carbocycles. The number of aliphatic hydroxyl groups excluding tert-OH is 1. The monoisotopic (exact) mass is 546 g/mol. The van der Waals surface area contributed by atoms with Gasteiger partial charge in [-0.05, 0) is 35.9 Å². The Bertz CT molecular complexity index is 1200. The number of aromatic nitrogens is 2. The van der Waals surface area contributed by atoms with Crippen LogP contribution in [-0.2, 0) is 35.5 Å². The Kier molecular flexibility index (Phi) is 9.06. The molecule has 0 unspecified atom stereocenters. The molecule has 0 atom stereocenters. The number of imidazole rings is 1. The lowest BCUT2D eigenvalue weighted by Gasteiger charge is -2.13. The summed E-state index contributed by atoms with van der Waals surface area (Å²) in [5, 5.41) is 15.5. The second kappa shape index (κ2) is 11.8. The number of carbonyl (C=O) groups excluding carboxylic acids is 2. The van der Waals surface area contributed by atoms with Crippen molar-refractivity contribution in [2.75, 3.05) is 11.1 Å². The Morgan fingerprint density at radius 2 is 1.80 bits per heavy atom. The Morgan fingerprint density at radius 1 is 1.09 bits per heavy atom. The van der Waals surface area contributed by atoms with E-state index in [-0.39, 0.29) is 47.2 Å². The Balaban J connectivity index is 1.61. The van der Waals surface area contributed by atoms with Crippen molar-refractivity contribution in [3.05, 3.63) is 75.5 Å². The van der Waals surface area contributed by atoms with Gasteiger partial charge in [0.25, 0.3) is 0 Å². The van der Waals surface area contributed by atoms with Gasteiger partial charge < -0.3 is 20.3 Å². The van der Waals surface area contributed by atoms with Crippen LogP contribution in [0.4, 0.5) is 18.9 Å². The van der Waals surface area contributed by atoms with E-state index < -0.39 is 17.6 Å². The van der Waals surface area contributed by atoms with Crippen LogP contribution in [0, 0.1) is 0 Å². The van der Waals surface area contributed by atoms with Crippen LogP contribution in [-0.4, -0.2) is 32.2 Å². The number of nitrogens with zero attached hydrogens (tertiary/aromatic N) is 2. The summed E-state index contributed by atoms with van der Waals surface area (Å²) in [7, 11) is 0. The summed E-state index contributed by atoms with van der Waals surface area (Å²) in [5.74, 6) is -1.20. The van der Waals surface area contributed by atoms with Gasteiger partial charge in [-0.25, -0.2) is 4.98 Å². The van der Waals surface area contributed by atoms with Crippen LogP contribution in [0.25, 0.3) is 0 Å². The van der Waals surface area contributed by atoms with Crippen LogP contribution >= 0.6 is 35.0 Å². The van der Waals surface area contributed by atoms with E-state index in [1.54, 1.807) is 24.3 Å². The molecule has 1 aromatic heterocycles. The molecule has 2 aromatic carbocycles. The average Bonchev–Trinajstić information content (AvgIpc) is 3.19. The van der Waals surface area contributed by atoms with Crippen molar-refractivity contribution < 1.29 is 27.9 Å². The fourth-order valence-corrected chi connectivity index (χ4v) is 4.01. The van der Waals surface area contributed by atoms with Gasteiger partial charge in [0, 0.05) is 11.6 Å². The number of rotatable bonds is 9. The average molecular weight is 547 g/mol. The molecule has 186 valence electrons. The molecular weight excluding hydrogens is 528 g/mol. The van der Waals surface area contributed by atoms with Crippen LogP contribution in [0.15, 0.2) is 53.8 Å². The standard InChI is InChI=1S/C22H19Cl2F3N4O3S/c23-15-4-1-13(2-5-15)8-28-19(33)10-31-16(11-32)9-29-21(31)35-12-20(34)30-18-7-14(22(25,26)27)3-6-17(18)24/h1-7,9,32H,8,10-12H2,(H,28,33)(H,30,34). The van der Waals surface area contributed by atoms with Gasteiger partial charge in [-0.3, -0.25) is 9.59 Å². The largest absolute Gasteiger partial charge is 0.416 e. The molecule has 0 saturated heterocycles. The molecule has 13 heteroatoms. The van der Waals surface area contributed by atoms with Gasteiger partial charge in [0.1, 0.15) is 6.54 Å². The number of halogens is 5. The van der Waals surface area contributed by atoms with Gasteiger partial charge in [-0.2, -0.15) is 13.2 Å². The Labute approximate surface area is 212 Å².